The van der Waals surface area contributed by atoms with Crippen LogP contribution in [0.1, 0.15) is 34.6 Å². The summed E-state index contributed by atoms with van der Waals surface area (Å²) in [5.74, 6) is 0.0951. The lowest BCUT2D eigenvalue weighted by Gasteiger charge is -2.33. The van der Waals surface area contributed by atoms with E-state index in [1.807, 2.05) is 19.9 Å². The Morgan fingerprint density at radius 3 is 2.15 bits per heavy atom. The number of para-hydroxylation sites is 1. The smallest absolute Gasteiger partial charge is 0.0897 e. The van der Waals surface area contributed by atoms with Gasteiger partial charge in [-0.1, -0.05) is 18.2 Å². The Kier molecular flexibility index (Phi) is 4.12. The monoisotopic (exact) mass is 277 g/mol. The highest BCUT2D eigenvalue weighted by atomic mass is 16.5. The summed E-state index contributed by atoms with van der Waals surface area (Å²) in [6, 6.07) is 10.4. The molecule has 2 atom stereocenters. The van der Waals surface area contributed by atoms with Gasteiger partial charge in [0.25, 0.3) is 0 Å². The maximum Gasteiger partial charge on any atom is 0.0897 e. The Labute approximate surface area is 122 Å². The standard InChI is InChI=1S/C17H27NO2/c1-6-18(13-10-8-7-9-11-13)12-14-15(19)17(4,5)20-16(14,2)3/h7-11,14-15,19H,6,12H2,1-5H3. The molecule has 20 heavy (non-hydrogen) atoms. The molecule has 0 aromatic heterocycles. The van der Waals surface area contributed by atoms with Crippen molar-refractivity contribution in [3.05, 3.63) is 30.3 Å². The lowest BCUT2D eigenvalue weighted by Crippen LogP contribution is -2.43. The molecular formula is C17H27NO2. The minimum Gasteiger partial charge on any atom is -0.390 e. The van der Waals surface area contributed by atoms with E-state index < -0.39 is 11.7 Å². The molecule has 1 heterocycles. The van der Waals surface area contributed by atoms with E-state index in [1.54, 1.807) is 0 Å². The van der Waals surface area contributed by atoms with Gasteiger partial charge in [-0.05, 0) is 46.8 Å². The van der Waals surface area contributed by atoms with Crippen LogP contribution in [-0.4, -0.2) is 35.5 Å². The van der Waals surface area contributed by atoms with Gasteiger partial charge in [0.1, 0.15) is 0 Å². The fourth-order valence-corrected chi connectivity index (χ4v) is 3.29. The van der Waals surface area contributed by atoms with Crippen molar-refractivity contribution in [2.75, 3.05) is 18.0 Å². The van der Waals surface area contributed by atoms with E-state index in [2.05, 4.69) is 49.9 Å². The molecule has 0 radical (unpaired) electrons. The summed E-state index contributed by atoms with van der Waals surface area (Å²) in [7, 11) is 0. The van der Waals surface area contributed by atoms with Crippen LogP contribution in [0.15, 0.2) is 30.3 Å². The number of hydrogen-bond acceptors (Lipinski definition) is 3. The Morgan fingerprint density at radius 1 is 1.10 bits per heavy atom. The van der Waals surface area contributed by atoms with Crippen LogP contribution in [0.5, 0.6) is 0 Å². The van der Waals surface area contributed by atoms with Gasteiger partial charge in [0, 0.05) is 24.7 Å². The van der Waals surface area contributed by atoms with Crippen molar-refractivity contribution < 1.29 is 9.84 Å². The van der Waals surface area contributed by atoms with Gasteiger partial charge in [-0.25, -0.2) is 0 Å². The van der Waals surface area contributed by atoms with E-state index in [9.17, 15) is 5.11 Å². The highest BCUT2D eigenvalue weighted by Gasteiger charge is 2.53. The molecule has 1 N–H and O–H groups in total. The first-order valence-corrected chi connectivity index (χ1v) is 7.46. The second-order valence-electron chi connectivity index (χ2n) is 6.73. The number of aliphatic hydroxyl groups excluding tert-OH is 1. The molecule has 2 rings (SSSR count). The number of hydrogen-bond donors (Lipinski definition) is 1. The Bertz CT molecular complexity index is 442. The van der Waals surface area contributed by atoms with Crippen LogP contribution in [-0.2, 0) is 4.74 Å². The normalized spacial score (nSPS) is 27.5. The summed E-state index contributed by atoms with van der Waals surface area (Å²) in [5.41, 5.74) is 0.401. The highest BCUT2D eigenvalue weighted by molar-refractivity contribution is 5.46. The zero-order chi connectivity index (χ0) is 15.0. The summed E-state index contributed by atoms with van der Waals surface area (Å²) in [6.07, 6.45) is -0.449. The molecule has 1 aliphatic rings. The van der Waals surface area contributed by atoms with Crippen molar-refractivity contribution in [1.82, 2.24) is 0 Å². The average Bonchev–Trinajstić information content (AvgIpc) is 2.53. The van der Waals surface area contributed by atoms with Crippen LogP contribution in [0.25, 0.3) is 0 Å². The van der Waals surface area contributed by atoms with Crippen LogP contribution >= 0.6 is 0 Å². The van der Waals surface area contributed by atoms with Crippen molar-refractivity contribution in [3.8, 4) is 0 Å². The first-order valence-electron chi connectivity index (χ1n) is 7.46. The van der Waals surface area contributed by atoms with E-state index in [-0.39, 0.29) is 11.5 Å². The zero-order valence-corrected chi connectivity index (χ0v) is 13.3. The summed E-state index contributed by atoms with van der Waals surface area (Å²) >= 11 is 0. The third-order valence-electron chi connectivity index (χ3n) is 4.43. The van der Waals surface area contributed by atoms with Crippen molar-refractivity contribution in [1.29, 1.82) is 0 Å². The Balaban J connectivity index is 2.19. The Hall–Kier alpha value is -1.06. The number of anilines is 1. The molecule has 1 aromatic rings. The first kappa shape index (κ1) is 15.3. The van der Waals surface area contributed by atoms with E-state index in [0.717, 1.165) is 13.1 Å². The minimum atomic E-state index is -0.482. The molecule has 0 bridgehead atoms. The van der Waals surface area contributed by atoms with Crippen LogP contribution in [0.2, 0.25) is 0 Å². The molecule has 0 spiro atoms. The van der Waals surface area contributed by atoms with Gasteiger partial charge >= 0.3 is 0 Å². The van der Waals surface area contributed by atoms with Crippen LogP contribution in [0.3, 0.4) is 0 Å². The zero-order valence-electron chi connectivity index (χ0n) is 13.3. The van der Waals surface area contributed by atoms with Gasteiger partial charge in [-0.2, -0.15) is 0 Å². The predicted molar refractivity (Wildman–Crippen MR) is 83.1 cm³/mol. The van der Waals surface area contributed by atoms with Gasteiger partial charge < -0.3 is 14.7 Å². The lowest BCUT2D eigenvalue weighted by atomic mass is 9.84. The molecule has 0 amide bonds. The van der Waals surface area contributed by atoms with Gasteiger partial charge in [0.15, 0.2) is 0 Å². The molecule has 112 valence electrons. The third kappa shape index (κ3) is 2.84. The van der Waals surface area contributed by atoms with Gasteiger partial charge in [0.05, 0.1) is 17.3 Å². The molecular weight excluding hydrogens is 250 g/mol. The number of benzene rings is 1. The fourth-order valence-electron chi connectivity index (χ4n) is 3.29. The van der Waals surface area contributed by atoms with Gasteiger partial charge in [0.2, 0.25) is 0 Å². The van der Waals surface area contributed by atoms with E-state index in [4.69, 9.17) is 4.74 Å². The third-order valence-corrected chi connectivity index (χ3v) is 4.43. The number of ether oxygens (including phenoxy) is 1. The largest absolute Gasteiger partial charge is 0.390 e. The molecule has 1 aliphatic heterocycles. The van der Waals surface area contributed by atoms with E-state index in [1.165, 1.54) is 5.69 Å². The molecule has 0 aliphatic carbocycles. The van der Waals surface area contributed by atoms with Gasteiger partial charge in [-0.3, -0.25) is 0 Å². The number of nitrogens with zero attached hydrogens (tertiary/aromatic N) is 1. The topological polar surface area (TPSA) is 32.7 Å². The molecule has 3 heteroatoms. The average molecular weight is 277 g/mol. The number of rotatable bonds is 4. The SMILES string of the molecule is CCN(CC1C(O)C(C)(C)OC1(C)C)c1ccccc1. The summed E-state index contributed by atoms with van der Waals surface area (Å²) in [6.45, 7) is 12.0. The van der Waals surface area contributed by atoms with Crippen molar-refractivity contribution >= 4 is 5.69 Å². The second-order valence-corrected chi connectivity index (χ2v) is 6.73. The maximum absolute atomic E-state index is 10.6. The number of aliphatic hydroxyl groups is 1. The molecule has 0 saturated carbocycles. The summed E-state index contributed by atoms with van der Waals surface area (Å²) in [5, 5.41) is 10.6. The van der Waals surface area contributed by atoms with Gasteiger partial charge in [-0.15, -0.1) is 0 Å². The maximum atomic E-state index is 10.6. The second kappa shape index (κ2) is 5.38. The van der Waals surface area contributed by atoms with Crippen LogP contribution in [0.4, 0.5) is 5.69 Å². The van der Waals surface area contributed by atoms with Crippen LogP contribution in [0, 0.1) is 5.92 Å². The van der Waals surface area contributed by atoms with Crippen LogP contribution < -0.4 is 4.90 Å². The molecule has 1 aromatic carbocycles. The summed E-state index contributed by atoms with van der Waals surface area (Å²) in [4.78, 5) is 2.31. The molecule has 2 unspecified atom stereocenters. The first-order chi connectivity index (χ1) is 9.28. The van der Waals surface area contributed by atoms with Crippen molar-refractivity contribution in [3.63, 3.8) is 0 Å². The van der Waals surface area contributed by atoms with Crippen molar-refractivity contribution in [2.45, 2.75) is 51.9 Å². The Morgan fingerprint density at radius 2 is 1.70 bits per heavy atom. The lowest BCUT2D eigenvalue weighted by molar-refractivity contribution is -0.0906. The molecule has 3 nitrogen and oxygen atoms in total. The predicted octanol–water partition coefficient (Wildman–Crippen LogP) is 3.08. The van der Waals surface area contributed by atoms with Crippen molar-refractivity contribution in [2.24, 2.45) is 5.92 Å². The van der Waals surface area contributed by atoms with E-state index >= 15 is 0 Å². The van der Waals surface area contributed by atoms with E-state index in [0.29, 0.717) is 0 Å². The highest BCUT2D eigenvalue weighted by Crippen LogP contribution is 2.42. The molecule has 1 fully saturated rings. The quantitative estimate of drug-likeness (QED) is 0.918. The molecule has 1 saturated heterocycles. The fraction of sp³-hybridized carbons (Fsp3) is 0.647. The minimum absolute atomic E-state index is 0.0951. The summed E-state index contributed by atoms with van der Waals surface area (Å²) < 4.78 is 6.07.